The van der Waals surface area contributed by atoms with Crippen LogP contribution in [0.4, 0.5) is 0 Å². The van der Waals surface area contributed by atoms with Gasteiger partial charge in [0.15, 0.2) is 0 Å². The van der Waals surface area contributed by atoms with E-state index in [-0.39, 0.29) is 24.3 Å². The van der Waals surface area contributed by atoms with Crippen LogP contribution in [-0.4, -0.2) is 48.6 Å². The number of aliphatic carboxylic acids is 1. The van der Waals surface area contributed by atoms with Gasteiger partial charge in [0.2, 0.25) is 5.91 Å². The molecular weight excluding hydrogens is 232 g/mol. The predicted octanol–water partition coefficient (Wildman–Crippen LogP) is 1.19. The standard InChI is InChI=1S/C13H26N2O3/c1-9(2)13(4,12(17)18)7-11(16)14-8-10(3)15(5)6/h9-10H,7-8H2,1-6H3,(H,14,16)(H,17,18). The molecule has 18 heavy (non-hydrogen) atoms. The Morgan fingerprint density at radius 3 is 2.11 bits per heavy atom. The van der Waals surface area contributed by atoms with Gasteiger partial charge < -0.3 is 15.3 Å². The van der Waals surface area contributed by atoms with Gasteiger partial charge in [0.05, 0.1) is 5.41 Å². The highest BCUT2D eigenvalue weighted by molar-refractivity contribution is 5.84. The number of nitrogens with one attached hydrogen (secondary N) is 1. The van der Waals surface area contributed by atoms with Gasteiger partial charge in [0.1, 0.15) is 0 Å². The Hall–Kier alpha value is -1.10. The average molecular weight is 258 g/mol. The molecule has 0 saturated carbocycles. The van der Waals surface area contributed by atoms with E-state index >= 15 is 0 Å². The maximum absolute atomic E-state index is 11.8. The van der Waals surface area contributed by atoms with E-state index in [0.29, 0.717) is 6.54 Å². The summed E-state index contributed by atoms with van der Waals surface area (Å²) >= 11 is 0. The first-order valence-electron chi connectivity index (χ1n) is 6.27. The van der Waals surface area contributed by atoms with Crippen LogP contribution in [-0.2, 0) is 9.59 Å². The fourth-order valence-electron chi connectivity index (χ4n) is 1.37. The molecule has 0 spiro atoms. The molecule has 106 valence electrons. The summed E-state index contributed by atoms with van der Waals surface area (Å²) in [4.78, 5) is 25.1. The van der Waals surface area contributed by atoms with Gasteiger partial charge in [-0.2, -0.15) is 0 Å². The highest BCUT2D eigenvalue weighted by Gasteiger charge is 2.38. The molecule has 2 atom stereocenters. The Morgan fingerprint density at radius 1 is 1.28 bits per heavy atom. The number of hydrogen-bond acceptors (Lipinski definition) is 3. The van der Waals surface area contributed by atoms with Crippen molar-refractivity contribution in [2.45, 2.75) is 40.2 Å². The van der Waals surface area contributed by atoms with E-state index in [2.05, 4.69) is 5.32 Å². The number of carboxylic acids is 1. The third kappa shape index (κ3) is 4.64. The molecule has 0 aromatic rings. The lowest BCUT2D eigenvalue weighted by Gasteiger charge is -2.29. The molecule has 0 saturated heterocycles. The van der Waals surface area contributed by atoms with E-state index in [1.165, 1.54) is 0 Å². The molecule has 0 heterocycles. The number of likely N-dealkylation sites (N-methyl/N-ethyl adjacent to an activating group) is 1. The minimum absolute atomic E-state index is 0.0140. The third-order valence-corrected chi connectivity index (χ3v) is 3.77. The summed E-state index contributed by atoms with van der Waals surface area (Å²) in [6.07, 6.45) is 0.0140. The summed E-state index contributed by atoms with van der Waals surface area (Å²) in [5.41, 5.74) is -1.01. The summed E-state index contributed by atoms with van der Waals surface area (Å²) in [6, 6.07) is 0.226. The average Bonchev–Trinajstić information content (AvgIpc) is 2.24. The largest absolute Gasteiger partial charge is 0.481 e. The second-order valence-corrected chi connectivity index (χ2v) is 5.67. The SMILES string of the molecule is CC(CNC(=O)CC(C)(C(=O)O)C(C)C)N(C)C. The first-order chi connectivity index (χ1) is 8.11. The maximum Gasteiger partial charge on any atom is 0.310 e. The first-order valence-corrected chi connectivity index (χ1v) is 6.27. The molecule has 0 rings (SSSR count). The fraction of sp³-hybridized carbons (Fsp3) is 0.846. The molecule has 5 heteroatoms. The third-order valence-electron chi connectivity index (χ3n) is 3.77. The summed E-state index contributed by atoms with van der Waals surface area (Å²) in [6.45, 7) is 7.79. The van der Waals surface area contributed by atoms with Crippen molar-refractivity contribution in [3.63, 3.8) is 0 Å². The Bertz CT molecular complexity index is 303. The number of amides is 1. The minimum atomic E-state index is -1.01. The minimum Gasteiger partial charge on any atom is -0.481 e. The van der Waals surface area contributed by atoms with Crippen LogP contribution >= 0.6 is 0 Å². The lowest BCUT2D eigenvalue weighted by molar-refractivity contribution is -0.153. The van der Waals surface area contributed by atoms with Crippen LogP contribution in [0.25, 0.3) is 0 Å². The zero-order chi connectivity index (χ0) is 14.5. The van der Waals surface area contributed by atoms with Crippen LogP contribution in [0.15, 0.2) is 0 Å². The summed E-state index contributed by atoms with van der Waals surface area (Å²) < 4.78 is 0. The Labute approximate surface area is 110 Å². The normalized spacial score (nSPS) is 16.4. The van der Waals surface area contributed by atoms with E-state index in [1.54, 1.807) is 6.92 Å². The molecule has 2 unspecified atom stereocenters. The smallest absolute Gasteiger partial charge is 0.310 e. The van der Waals surface area contributed by atoms with Crippen molar-refractivity contribution in [1.82, 2.24) is 10.2 Å². The molecule has 0 bridgehead atoms. The molecule has 0 aromatic carbocycles. The quantitative estimate of drug-likeness (QED) is 0.719. The van der Waals surface area contributed by atoms with Gasteiger partial charge in [-0.25, -0.2) is 0 Å². The van der Waals surface area contributed by atoms with Crippen molar-refractivity contribution in [3.8, 4) is 0 Å². The van der Waals surface area contributed by atoms with Crippen molar-refractivity contribution >= 4 is 11.9 Å². The number of carbonyl (C=O) groups is 2. The van der Waals surface area contributed by atoms with Crippen molar-refractivity contribution in [2.75, 3.05) is 20.6 Å². The van der Waals surface area contributed by atoms with Gasteiger partial charge in [0, 0.05) is 19.0 Å². The highest BCUT2D eigenvalue weighted by Crippen LogP contribution is 2.31. The number of carbonyl (C=O) groups excluding carboxylic acids is 1. The second-order valence-electron chi connectivity index (χ2n) is 5.67. The summed E-state index contributed by atoms with van der Waals surface area (Å²) in [5, 5.41) is 12.0. The van der Waals surface area contributed by atoms with Gasteiger partial charge in [-0.05, 0) is 33.9 Å². The lowest BCUT2D eigenvalue weighted by atomic mass is 9.76. The van der Waals surface area contributed by atoms with E-state index < -0.39 is 11.4 Å². The van der Waals surface area contributed by atoms with Crippen LogP contribution in [0, 0.1) is 11.3 Å². The first kappa shape index (κ1) is 16.9. The molecule has 2 N–H and O–H groups in total. The molecule has 0 radical (unpaired) electrons. The lowest BCUT2D eigenvalue weighted by Crippen LogP contribution is -2.42. The fourth-order valence-corrected chi connectivity index (χ4v) is 1.37. The number of carboxylic acid groups (broad SMARTS) is 1. The van der Waals surface area contributed by atoms with E-state index in [4.69, 9.17) is 0 Å². The molecule has 0 aliphatic heterocycles. The Morgan fingerprint density at radius 2 is 1.78 bits per heavy atom. The second kappa shape index (κ2) is 6.73. The van der Waals surface area contributed by atoms with Crippen molar-refractivity contribution in [2.24, 2.45) is 11.3 Å². The summed E-state index contributed by atoms with van der Waals surface area (Å²) in [7, 11) is 3.87. The van der Waals surface area contributed by atoms with Crippen molar-refractivity contribution < 1.29 is 14.7 Å². The number of rotatable bonds is 7. The molecule has 1 amide bonds. The van der Waals surface area contributed by atoms with Crippen LogP contribution in [0.2, 0.25) is 0 Å². The molecule has 0 aliphatic carbocycles. The molecule has 5 nitrogen and oxygen atoms in total. The van der Waals surface area contributed by atoms with Crippen LogP contribution in [0.1, 0.15) is 34.1 Å². The van der Waals surface area contributed by atoms with Crippen LogP contribution in [0.3, 0.4) is 0 Å². The Balaban J connectivity index is 4.42. The Kier molecular flexibility index (Phi) is 6.32. The van der Waals surface area contributed by atoms with E-state index in [1.807, 2.05) is 39.8 Å². The predicted molar refractivity (Wildman–Crippen MR) is 71.4 cm³/mol. The van der Waals surface area contributed by atoms with Crippen molar-refractivity contribution in [3.05, 3.63) is 0 Å². The number of nitrogens with zero attached hydrogens (tertiary/aromatic N) is 1. The van der Waals surface area contributed by atoms with E-state index in [0.717, 1.165) is 0 Å². The highest BCUT2D eigenvalue weighted by atomic mass is 16.4. The zero-order valence-electron chi connectivity index (χ0n) is 12.3. The van der Waals surface area contributed by atoms with Gasteiger partial charge >= 0.3 is 5.97 Å². The van der Waals surface area contributed by atoms with Crippen LogP contribution in [0.5, 0.6) is 0 Å². The monoisotopic (exact) mass is 258 g/mol. The van der Waals surface area contributed by atoms with Crippen LogP contribution < -0.4 is 5.32 Å². The molecule has 0 aliphatic rings. The molecular formula is C13H26N2O3. The van der Waals surface area contributed by atoms with Gasteiger partial charge in [-0.1, -0.05) is 13.8 Å². The molecule has 0 fully saturated rings. The van der Waals surface area contributed by atoms with E-state index in [9.17, 15) is 14.7 Å². The van der Waals surface area contributed by atoms with Gasteiger partial charge in [0.25, 0.3) is 0 Å². The molecule has 0 aromatic heterocycles. The zero-order valence-corrected chi connectivity index (χ0v) is 12.3. The summed E-state index contributed by atoms with van der Waals surface area (Å²) in [5.74, 6) is -1.22. The van der Waals surface area contributed by atoms with Gasteiger partial charge in [-0.3, -0.25) is 9.59 Å². The maximum atomic E-state index is 11.8. The number of hydrogen-bond donors (Lipinski definition) is 2. The topological polar surface area (TPSA) is 69.6 Å². The van der Waals surface area contributed by atoms with Crippen molar-refractivity contribution in [1.29, 1.82) is 0 Å². The van der Waals surface area contributed by atoms with Gasteiger partial charge in [-0.15, -0.1) is 0 Å².